The minimum absolute atomic E-state index is 0.103. The number of ether oxygens (including phenoxy) is 2. The number of hydrogen-bond donors (Lipinski definition) is 1. The molecular formula is C23H19BrN2O4S. The summed E-state index contributed by atoms with van der Waals surface area (Å²) in [6.45, 7) is 0.327. The molecule has 2 amide bonds. The molecule has 3 aromatic rings. The number of para-hydroxylation sites is 2. The molecule has 31 heavy (non-hydrogen) atoms. The van der Waals surface area contributed by atoms with Crippen LogP contribution in [-0.4, -0.2) is 25.5 Å². The van der Waals surface area contributed by atoms with Crippen LogP contribution in [0.1, 0.15) is 10.4 Å². The van der Waals surface area contributed by atoms with Gasteiger partial charge in [0.05, 0.1) is 23.8 Å². The number of carbonyl (C=O) groups excluding carboxylic acids is 2. The van der Waals surface area contributed by atoms with Crippen LogP contribution >= 0.6 is 27.3 Å². The molecule has 2 aromatic carbocycles. The monoisotopic (exact) mass is 498 g/mol. The van der Waals surface area contributed by atoms with Gasteiger partial charge in [0.25, 0.3) is 5.91 Å². The first-order chi connectivity index (χ1) is 15.0. The molecule has 0 saturated carbocycles. The molecule has 0 unspecified atom stereocenters. The molecule has 2 heterocycles. The van der Waals surface area contributed by atoms with Crippen molar-refractivity contribution in [1.82, 2.24) is 5.32 Å². The largest absolute Gasteiger partial charge is 0.496 e. The van der Waals surface area contributed by atoms with Crippen molar-refractivity contribution < 1.29 is 19.1 Å². The average molecular weight is 499 g/mol. The van der Waals surface area contributed by atoms with Crippen molar-refractivity contribution in [3.63, 3.8) is 0 Å². The number of nitrogens with one attached hydrogen (secondary N) is 1. The Morgan fingerprint density at radius 2 is 2.06 bits per heavy atom. The second-order valence-corrected chi connectivity index (χ2v) is 8.61. The highest BCUT2D eigenvalue weighted by Crippen LogP contribution is 2.36. The van der Waals surface area contributed by atoms with Gasteiger partial charge >= 0.3 is 0 Å². The number of methoxy groups -OCH3 is 1. The second-order valence-electron chi connectivity index (χ2n) is 6.72. The summed E-state index contributed by atoms with van der Waals surface area (Å²) in [5.74, 6) is 0.725. The highest BCUT2D eigenvalue weighted by molar-refractivity contribution is 9.10. The fraction of sp³-hybridized carbons (Fsp3) is 0.130. The number of rotatable bonds is 6. The number of benzene rings is 2. The normalized spacial score (nSPS) is 14.2. The second kappa shape index (κ2) is 9.36. The van der Waals surface area contributed by atoms with Crippen molar-refractivity contribution >= 4 is 50.8 Å². The maximum atomic E-state index is 13.2. The Morgan fingerprint density at radius 3 is 2.81 bits per heavy atom. The van der Waals surface area contributed by atoms with Crippen LogP contribution in [0.5, 0.6) is 11.5 Å². The number of halogens is 1. The van der Waals surface area contributed by atoms with Crippen LogP contribution in [0.2, 0.25) is 0 Å². The predicted octanol–water partition coefficient (Wildman–Crippen LogP) is 4.60. The van der Waals surface area contributed by atoms with Gasteiger partial charge in [-0.1, -0.05) is 24.3 Å². The highest BCUT2D eigenvalue weighted by Gasteiger charge is 2.31. The third-order valence-corrected chi connectivity index (χ3v) is 6.14. The maximum Gasteiger partial charge on any atom is 0.294 e. The zero-order valence-corrected chi connectivity index (χ0v) is 19.0. The summed E-state index contributed by atoms with van der Waals surface area (Å²) in [5.41, 5.74) is 1.32. The Labute approximate surface area is 192 Å². The van der Waals surface area contributed by atoms with Crippen LogP contribution in [0.3, 0.4) is 0 Å². The third kappa shape index (κ3) is 4.81. The predicted molar refractivity (Wildman–Crippen MR) is 124 cm³/mol. The molecule has 1 N–H and O–H groups in total. The van der Waals surface area contributed by atoms with Gasteiger partial charge in [0, 0.05) is 4.88 Å². The number of thiophene rings is 1. The lowest BCUT2D eigenvalue weighted by molar-refractivity contribution is -0.123. The van der Waals surface area contributed by atoms with E-state index in [0.717, 1.165) is 14.9 Å². The first-order valence-corrected chi connectivity index (χ1v) is 11.2. The van der Waals surface area contributed by atoms with Crippen LogP contribution in [-0.2, 0) is 16.1 Å². The van der Waals surface area contributed by atoms with E-state index < -0.39 is 0 Å². The summed E-state index contributed by atoms with van der Waals surface area (Å²) in [4.78, 5) is 28.2. The topological polar surface area (TPSA) is 67.9 Å². The SMILES string of the molecule is COc1ccc(C=C2Oc3ccccc3N(CC(=O)NCc3cccs3)C2=O)cc1Br. The van der Waals surface area contributed by atoms with Gasteiger partial charge in [0.2, 0.25) is 5.91 Å². The molecule has 0 bridgehead atoms. The fourth-order valence-electron chi connectivity index (χ4n) is 3.14. The summed E-state index contributed by atoms with van der Waals surface area (Å²) in [6.07, 6.45) is 1.65. The summed E-state index contributed by atoms with van der Waals surface area (Å²) in [5, 5.41) is 4.82. The molecular weight excluding hydrogens is 480 g/mol. The molecule has 0 aliphatic carbocycles. The van der Waals surface area contributed by atoms with Gasteiger partial charge in [0.15, 0.2) is 11.5 Å². The summed E-state index contributed by atoms with van der Waals surface area (Å²) in [7, 11) is 1.59. The van der Waals surface area contributed by atoms with Crippen molar-refractivity contribution in [3.05, 3.63) is 80.6 Å². The van der Waals surface area contributed by atoms with Gasteiger partial charge < -0.3 is 14.8 Å². The standard InChI is InChI=1S/C23H19BrN2O4S/c1-29-19-9-8-15(11-17(19)24)12-21-23(28)26(18-6-2-3-7-20(18)30-21)14-22(27)25-13-16-5-4-10-31-16/h2-12H,13-14H2,1H3,(H,25,27). The maximum absolute atomic E-state index is 13.2. The van der Waals surface area contributed by atoms with E-state index in [9.17, 15) is 9.59 Å². The lowest BCUT2D eigenvalue weighted by Gasteiger charge is -2.30. The molecule has 4 rings (SSSR count). The van der Waals surface area contributed by atoms with Gasteiger partial charge in [-0.25, -0.2) is 0 Å². The first-order valence-electron chi connectivity index (χ1n) is 9.48. The zero-order valence-electron chi connectivity index (χ0n) is 16.6. The van der Waals surface area contributed by atoms with Crippen molar-refractivity contribution in [2.45, 2.75) is 6.54 Å². The van der Waals surface area contributed by atoms with E-state index in [2.05, 4.69) is 21.2 Å². The minimum atomic E-state index is -0.378. The molecule has 0 spiro atoms. The molecule has 1 aliphatic heterocycles. The van der Waals surface area contributed by atoms with Crippen molar-refractivity contribution in [2.24, 2.45) is 0 Å². The van der Waals surface area contributed by atoms with Crippen molar-refractivity contribution in [3.8, 4) is 11.5 Å². The quantitative estimate of drug-likeness (QED) is 0.504. The molecule has 158 valence electrons. The van der Waals surface area contributed by atoms with Gasteiger partial charge in [-0.05, 0) is 63.3 Å². The van der Waals surface area contributed by atoms with Gasteiger partial charge in [-0.3, -0.25) is 14.5 Å². The summed E-state index contributed by atoms with van der Waals surface area (Å²) in [6, 6.07) is 16.5. The molecule has 1 aliphatic rings. The van der Waals surface area contributed by atoms with Crippen LogP contribution < -0.4 is 19.7 Å². The van der Waals surface area contributed by atoms with Crippen LogP contribution in [0.25, 0.3) is 6.08 Å². The third-order valence-electron chi connectivity index (χ3n) is 4.65. The summed E-state index contributed by atoms with van der Waals surface area (Å²) < 4.78 is 11.9. The minimum Gasteiger partial charge on any atom is -0.496 e. The lowest BCUT2D eigenvalue weighted by atomic mass is 10.1. The number of anilines is 1. The van der Waals surface area contributed by atoms with Gasteiger partial charge in [-0.2, -0.15) is 0 Å². The Morgan fingerprint density at radius 1 is 1.23 bits per heavy atom. The van der Waals surface area contributed by atoms with E-state index in [0.29, 0.717) is 23.7 Å². The number of carbonyl (C=O) groups is 2. The Balaban J connectivity index is 1.58. The number of amides is 2. The number of hydrogen-bond acceptors (Lipinski definition) is 5. The zero-order chi connectivity index (χ0) is 21.8. The summed E-state index contributed by atoms with van der Waals surface area (Å²) >= 11 is 5.02. The van der Waals surface area contributed by atoms with E-state index in [4.69, 9.17) is 9.47 Å². The molecule has 0 fully saturated rings. The van der Waals surface area contributed by atoms with Gasteiger partial charge in [-0.15, -0.1) is 11.3 Å². The Bertz CT molecular complexity index is 1140. The number of nitrogens with zero attached hydrogens (tertiary/aromatic N) is 1. The van der Waals surface area contributed by atoms with Crippen LogP contribution in [0, 0.1) is 0 Å². The van der Waals surface area contributed by atoms with Crippen LogP contribution in [0.4, 0.5) is 5.69 Å². The molecule has 0 saturated heterocycles. The molecule has 1 aromatic heterocycles. The van der Waals surface area contributed by atoms with E-state index in [-0.39, 0.29) is 24.1 Å². The lowest BCUT2D eigenvalue weighted by Crippen LogP contribution is -2.44. The first kappa shape index (κ1) is 21.1. The van der Waals surface area contributed by atoms with Crippen LogP contribution in [0.15, 0.2) is 70.2 Å². The van der Waals surface area contributed by atoms with E-state index in [1.807, 2.05) is 35.7 Å². The fourth-order valence-corrected chi connectivity index (χ4v) is 4.34. The molecule has 8 heteroatoms. The van der Waals surface area contributed by atoms with Crippen molar-refractivity contribution in [2.75, 3.05) is 18.6 Å². The Hall–Kier alpha value is -3.10. The van der Waals surface area contributed by atoms with Crippen molar-refractivity contribution in [1.29, 1.82) is 0 Å². The Kier molecular flexibility index (Phi) is 6.39. The highest BCUT2D eigenvalue weighted by atomic mass is 79.9. The molecule has 6 nitrogen and oxygen atoms in total. The average Bonchev–Trinajstić information content (AvgIpc) is 3.29. The number of fused-ring (bicyclic) bond motifs is 1. The van der Waals surface area contributed by atoms with E-state index in [1.54, 1.807) is 48.8 Å². The van der Waals surface area contributed by atoms with Gasteiger partial charge in [0.1, 0.15) is 12.3 Å². The smallest absolute Gasteiger partial charge is 0.294 e. The van der Waals surface area contributed by atoms with E-state index >= 15 is 0 Å². The molecule has 0 radical (unpaired) electrons. The van der Waals surface area contributed by atoms with E-state index in [1.165, 1.54) is 4.90 Å². The molecule has 0 atom stereocenters.